The molecule has 0 saturated heterocycles. The van der Waals surface area contributed by atoms with Crippen molar-refractivity contribution in [3.8, 4) is 5.75 Å². The van der Waals surface area contributed by atoms with Crippen molar-refractivity contribution in [2.24, 2.45) is 0 Å². The molecule has 0 radical (unpaired) electrons. The molecule has 1 heterocycles. The predicted octanol–water partition coefficient (Wildman–Crippen LogP) is 5.03. The largest absolute Gasteiger partial charge is 0.486 e. The van der Waals surface area contributed by atoms with Crippen molar-refractivity contribution >= 4 is 46.1 Å². The lowest BCUT2D eigenvalue weighted by Gasteiger charge is -2.08. The number of rotatable bonds is 6. The minimum atomic E-state index is -0.341. The van der Waals surface area contributed by atoms with Crippen LogP contribution in [0, 0.1) is 12.7 Å². The molecule has 0 bridgehead atoms. The highest BCUT2D eigenvalue weighted by molar-refractivity contribution is 7.13. The van der Waals surface area contributed by atoms with Crippen LogP contribution in [0.2, 0.25) is 5.02 Å². The molecule has 0 unspecified atom stereocenters. The van der Waals surface area contributed by atoms with Gasteiger partial charge in [-0.15, -0.1) is 11.3 Å². The van der Waals surface area contributed by atoms with Crippen molar-refractivity contribution in [1.82, 2.24) is 4.98 Å². The summed E-state index contributed by atoms with van der Waals surface area (Å²) in [6, 6.07) is 10.5. The highest BCUT2D eigenvalue weighted by Gasteiger charge is 2.16. The molecule has 0 aliphatic carbocycles. The lowest BCUT2D eigenvalue weighted by atomic mass is 10.2. The summed E-state index contributed by atoms with van der Waals surface area (Å²) >= 11 is 7.34. The number of benzene rings is 2. The topological polar surface area (TPSA) is 80.3 Å². The quantitative estimate of drug-likeness (QED) is 0.571. The van der Waals surface area contributed by atoms with Crippen molar-refractivity contribution in [2.45, 2.75) is 20.5 Å². The van der Waals surface area contributed by atoms with Gasteiger partial charge >= 0.3 is 0 Å². The van der Waals surface area contributed by atoms with E-state index in [0.29, 0.717) is 37.7 Å². The van der Waals surface area contributed by atoms with E-state index in [4.69, 9.17) is 16.3 Å². The molecular formula is C20H17ClFN3O3S. The number of anilines is 2. The molecule has 1 aromatic heterocycles. The van der Waals surface area contributed by atoms with Crippen molar-refractivity contribution in [3.05, 3.63) is 68.9 Å². The highest BCUT2D eigenvalue weighted by Crippen LogP contribution is 2.27. The van der Waals surface area contributed by atoms with Gasteiger partial charge in [0.25, 0.3) is 5.91 Å². The Balaban J connectivity index is 1.66. The molecule has 0 aliphatic heterocycles. The number of thiazole rings is 1. The lowest BCUT2D eigenvalue weighted by molar-refractivity contribution is -0.114. The van der Waals surface area contributed by atoms with Crippen molar-refractivity contribution < 1.29 is 18.7 Å². The molecule has 0 saturated carbocycles. The van der Waals surface area contributed by atoms with Gasteiger partial charge in [0.2, 0.25) is 5.91 Å². The summed E-state index contributed by atoms with van der Waals surface area (Å²) in [5.74, 6) is -0.388. The van der Waals surface area contributed by atoms with Crippen LogP contribution in [0.5, 0.6) is 5.75 Å². The number of amides is 2. The first-order valence-electron chi connectivity index (χ1n) is 8.55. The molecule has 150 valence electrons. The maximum Gasteiger partial charge on any atom is 0.267 e. The number of nitrogens with one attached hydrogen (secondary N) is 2. The van der Waals surface area contributed by atoms with E-state index < -0.39 is 0 Å². The second kappa shape index (κ2) is 9.02. The Morgan fingerprint density at radius 3 is 2.55 bits per heavy atom. The average molecular weight is 434 g/mol. The zero-order valence-electron chi connectivity index (χ0n) is 15.6. The summed E-state index contributed by atoms with van der Waals surface area (Å²) in [4.78, 5) is 28.5. The van der Waals surface area contributed by atoms with Crippen LogP contribution < -0.4 is 15.4 Å². The van der Waals surface area contributed by atoms with Crippen molar-refractivity contribution in [3.63, 3.8) is 0 Å². The van der Waals surface area contributed by atoms with Gasteiger partial charge in [-0.25, -0.2) is 9.37 Å². The van der Waals surface area contributed by atoms with Crippen LogP contribution in [0.1, 0.15) is 27.3 Å². The monoisotopic (exact) mass is 433 g/mol. The van der Waals surface area contributed by atoms with E-state index in [2.05, 4.69) is 15.6 Å². The fourth-order valence-corrected chi connectivity index (χ4v) is 3.57. The number of ether oxygens (including phenoxy) is 1. The van der Waals surface area contributed by atoms with Crippen molar-refractivity contribution in [1.29, 1.82) is 0 Å². The van der Waals surface area contributed by atoms with E-state index in [1.165, 1.54) is 42.5 Å². The third-order valence-corrected chi connectivity index (χ3v) is 5.20. The summed E-state index contributed by atoms with van der Waals surface area (Å²) in [6.45, 7) is 3.29. The number of carbonyl (C=O) groups is 2. The Kier molecular flexibility index (Phi) is 6.46. The van der Waals surface area contributed by atoms with Gasteiger partial charge in [0.1, 0.15) is 28.1 Å². The molecular weight excluding hydrogens is 417 g/mol. The Hall–Kier alpha value is -2.97. The molecule has 0 spiro atoms. The fourth-order valence-electron chi connectivity index (χ4n) is 2.47. The first-order chi connectivity index (χ1) is 13.8. The normalized spacial score (nSPS) is 10.5. The minimum absolute atomic E-state index is 0.168. The summed E-state index contributed by atoms with van der Waals surface area (Å²) in [6.07, 6.45) is 0. The number of aryl methyl sites for hydroxylation is 1. The van der Waals surface area contributed by atoms with Gasteiger partial charge in [0.05, 0.1) is 16.4 Å². The maximum atomic E-state index is 12.9. The van der Waals surface area contributed by atoms with Crippen LogP contribution in [-0.4, -0.2) is 16.8 Å². The molecule has 0 aliphatic rings. The van der Waals surface area contributed by atoms with Gasteiger partial charge < -0.3 is 15.4 Å². The number of nitrogens with zero attached hydrogens (tertiary/aromatic N) is 1. The smallest absolute Gasteiger partial charge is 0.267 e. The molecule has 3 aromatic rings. The van der Waals surface area contributed by atoms with E-state index >= 15 is 0 Å². The molecule has 6 nitrogen and oxygen atoms in total. The summed E-state index contributed by atoms with van der Waals surface area (Å²) in [5, 5.41) is 6.30. The number of aromatic nitrogens is 1. The Labute approximate surface area is 175 Å². The molecule has 2 N–H and O–H groups in total. The van der Waals surface area contributed by atoms with Crippen LogP contribution in [0.3, 0.4) is 0 Å². The van der Waals surface area contributed by atoms with E-state index in [9.17, 15) is 14.0 Å². The molecule has 3 rings (SSSR count). The van der Waals surface area contributed by atoms with Gasteiger partial charge in [-0.05, 0) is 49.4 Å². The standard InChI is InChI=1S/C20H17ClFN3O3S/c1-11-19(29-18(23-11)10-28-15-6-3-13(22)4-7-15)20(27)25-14-5-8-17(16(21)9-14)24-12(2)26/h3-9H,10H2,1-2H3,(H,24,26)(H,25,27). The van der Waals surface area contributed by atoms with E-state index in [1.54, 1.807) is 25.1 Å². The molecule has 0 fully saturated rings. The first-order valence-corrected chi connectivity index (χ1v) is 9.74. The first kappa shape index (κ1) is 20.8. The van der Waals surface area contributed by atoms with Gasteiger partial charge in [-0.2, -0.15) is 0 Å². The number of carbonyl (C=O) groups excluding carboxylic acids is 2. The number of hydrogen-bond acceptors (Lipinski definition) is 5. The van der Waals surface area contributed by atoms with Crippen LogP contribution in [0.4, 0.5) is 15.8 Å². The van der Waals surface area contributed by atoms with Gasteiger partial charge in [-0.3, -0.25) is 9.59 Å². The van der Waals surface area contributed by atoms with Gasteiger partial charge in [-0.1, -0.05) is 11.6 Å². The second-order valence-electron chi connectivity index (χ2n) is 6.09. The minimum Gasteiger partial charge on any atom is -0.486 e. The molecule has 0 atom stereocenters. The summed E-state index contributed by atoms with van der Waals surface area (Å²) in [7, 11) is 0. The van der Waals surface area contributed by atoms with Crippen LogP contribution in [0.25, 0.3) is 0 Å². The Morgan fingerprint density at radius 1 is 1.17 bits per heavy atom. The van der Waals surface area contributed by atoms with Crippen LogP contribution >= 0.6 is 22.9 Å². The third kappa shape index (κ3) is 5.52. The number of halogens is 2. The molecule has 9 heteroatoms. The SMILES string of the molecule is CC(=O)Nc1ccc(NC(=O)c2sc(COc3ccc(F)cc3)nc2C)cc1Cl. The van der Waals surface area contributed by atoms with E-state index in [1.807, 2.05) is 0 Å². The summed E-state index contributed by atoms with van der Waals surface area (Å²) in [5.41, 5.74) is 1.53. The van der Waals surface area contributed by atoms with Gasteiger partial charge in [0.15, 0.2) is 0 Å². The zero-order chi connectivity index (χ0) is 21.0. The second-order valence-corrected chi connectivity index (χ2v) is 7.59. The van der Waals surface area contributed by atoms with Crippen molar-refractivity contribution in [2.75, 3.05) is 10.6 Å². The molecule has 2 aromatic carbocycles. The van der Waals surface area contributed by atoms with E-state index in [-0.39, 0.29) is 24.2 Å². The predicted molar refractivity (Wildman–Crippen MR) is 111 cm³/mol. The molecule has 2 amide bonds. The zero-order valence-corrected chi connectivity index (χ0v) is 17.2. The van der Waals surface area contributed by atoms with Crippen LogP contribution in [0.15, 0.2) is 42.5 Å². The lowest BCUT2D eigenvalue weighted by Crippen LogP contribution is -2.12. The molecule has 29 heavy (non-hydrogen) atoms. The van der Waals surface area contributed by atoms with Crippen LogP contribution in [-0.2, 0) is 11.4 Å². The highest BCUT2D eigenvalue weighted by atomic mass is 35.5. The maximum absolute atomic E-state index is 12.9. The van der Waals surface area contributed by atoms with Gasteiger partial charge in [0, 0.05) is 12.6 Å². The Morgan fingerprint density at radius 2 is 1.90 bits per heavy atom. The third-order valence-electron chi connectivity index (χ3n) is 3.76. The average Bonchev–Trinajstić information content (AvgIpc) is 3.04. The fraction of sp³-hybridized carbons (Fsp3) is 0.150. The van der Waals surface area contributed by atoms with E-state index in [0.717, 1.165) is 0 Å². The number of hydrogen-bond donors (Lipinski definition) is 2. The Bertz CT molecular complexity index is 1050. The summed E-state index contributed by atoms with van der Waals surface area (Å²) < 4.78 is 18.5.